The van der Waals surface area contributed by atoms with Crippen molar-refractivity contribution in [1.29, 1.82) is 0 Å². The van der Waals surface area contributed by atoms with Gasteiger partial charge >= 0.3 is 0 Å². The van der Waals surface area contributed by atoms with E-state index in [1.54, 1.807) is 11.5 Å². The molecule has 4 atom stereocenters. The van der Waals surface area contributed by atoms with Gasteiger partial charge in [0.05, 0.1) is 19.0 Å². The van der Waals surface area contributed by atoms with E-state index in [9.17, 15) is 19.4 Å². The van der Waals surface area contributed by atoms with Crippen LogP contribution in [-0.4, -0.2) is 66.5 Å². The lowest BCUT2D eigenvalue weighted by atomic mass is 10.1. The normalized spacial score (nSPS) is 25.2. The summed E-state index contributed by atoms with van der Waals surface area (Å²) in [6, 6.07) is 3.55. The van der Waals surface area contributed by atoms with Crippen LogP contribution in [0.25, 0.3) is 11.2 Å². The van der Waals surface area contributed by atoms with E-state index >= 15 is 0 Å². The molecule has 0 unspecified atom stereocenters. The molecule has 3 aromatic rings. The van der Waals surface area contributed by atoms with Crippen molar-refractivity contribution in [2.24, 2.45) is 0 Å². The van der Waals surface area contributed by atoms with Gasteiger partial charge in [-0.25, -0.2) is 19.3 Å². The quantitative estimate of drug-likeness (QED) is 0.428. The summed E-state index contributed by atoms with van der Waals surface area (Å²) in [6.07, 6.45) is 4.37. The third-order valence-electron chi connectivity index (χ3n) is 6.62. The van der Waals surface area contributed by atoms with E-state index < -0.39 is 42.8 Å². The second-order valence-electron chi connectivity index (χ2n) is 8.87. The Labute approximate surface area is 195 Å². The number of hydrogen-bond acceptors (Lipinski definition) is 8. The molecule has 1 amide bonds. The fraction of sp³-hybridized carbons (Fsp3) is 0.478. The van der Waals surface area contributed by atoms with E-state index in [2.05, 4.69) is 25.6 Å². The zero-order chi connectivity index (χ0) is 23.8. The Morgan fingerprint density at radius 1 is 1.26 bits per heavy atom. The summed E-state index contributed by atoms with van der Waals surface area (Å²) >= 11 is 0. The van der Waals surface area contributed by atoms with Crippen molar-refractivity contribution < 1.29 is 24.1 Å². The molecule has 34 heavy (non-hydrogen) atoms. The number of hydrogen-bond donors (Lipinski definition) is 4. The number of carbonyl (C=O) groups is 1. The molecular weight excluding hydrogens is 443 g/mol. The first-order valence-corrected chi connectivity index (χ1v) is 11.4. The molecule has 4 N–H and O–H groups in total. The Bertz CT molecular complexity index is 1200. The van der Waals surface area contributed by atoms with Gasteiger partial charge in [0.15, 0.2) is 23.2 Å². The molecule has 2 aromatic heterocycles. The molecule has 5 rings (SSSR count). The molecule has 1 aliphatic carbocycles. The lowest BCUT2D eigenvalue weighted by Crippen LogP contribution is -2.48. The van der Waals surface area contributed by atoms with Gasteiger partial charge in [0, 0.05) is 11.6 Å². The zero-order valence-electron chi connectivity index (χ0n) is 18.7. The van der Waals surface area contributed by atoms with Crippen LogP contribution < -0.4 is 10.6 Å². The van der Waals surface area contributed by atoms with E-state index in [-0.39, 0.29) is 5.56 Å². The van der Waals surface area contributed by atoms with Crippen LogP contribution in [0.4, 0.5) is 10.2 Å². The van der Waals surface area contributed by atoms with Crippen molar-refractivity contribution >= 4 is 22.9 Å². The van der Waals surface area contributed by atoms with Gasteiger partial charge in [0.1, 0.15) is 24.4 Å². The third kappa shape index (κ3) is 4.10. The van der Waals surface area contributed by atoms with Gasteiger partial charge in [-0.2, -0.15) is 0 Å². The molecule has 0 spiro atoms. The zero-order valence-corrected chi connectivity index (χ0v) is 18.7. The van der Waals surface area contributed by atoms with E-state index in [0.29, 0.717) is 28.6 Å². The monoisotopic (exact) mass is 470 g/mol. The minimum Gasteiger partial charge on any atom is -0.394 e. The van der Waals surface area contributed by atoms with E-state index in [1.807, 2.05) is 0 Å². The average Bonchev–Trinajstić information content (AvgIpc) is 3.56. The number of rotatable bonds is 6. The van der Waals surface area contributed by atoms with Gasteiger partial charge in [0.25, 0.3) is 5.91 Å². The predicted octanol–water partition coefficient (Wildman–Crippen LogP) is 1.68. The number of aromatic nitrogens is 4. The van der Waals surface area contributed by atoms with Crippen LogP contribution in [0.15, 0.2) is 30.9 Å². The Morgan fingerprint density at radius 3 is 2.79 bits per heavy atom. The first-order valence-electron chi connectivity index (χ1n) is 11.4. The number of imidazole rings is 1. The van der Waals surface area contributed by atoms with E-state index in [4.69, 9.17) is 4.74 Å². The number of carbonyl (C=O) groups excluding carboxylic acids is 1. The smallest absolute Gasteiger partial charge is 0.251 e. The summed E-state index contributed by atoms with van der Waals surface area (Å²) in [5, 5.41) is 27.0. The van der Waals surface area contributed by atoms with Crippen LogP contribution in [0.3, 0.4) is 0 Å². The highest BCUT2D eigenvalue weighted by molar-refractivity contribution is 5.94. The number of aliphatic hydroxyl groups excluding tert-OH is 2. The molecule has 2 fully saturated rings. The summed E-state index contributed by atoms with van der Waals surface area (Å²) in [5.41, 5.74) is 1.54. The molecule has 1 saturated heterocycles. The fourth-order valence-corrected chi connectivity index (χ4v) is 4.68. The number of anilines is 1. The first kappa shape index (κ1) is 22.6. The number of aryl methyl sites for hydroxylation is 1. The van der Waals surface area contributed by atoms with Crippen LogP contribution in [0, 0.1) is 12.7 Å². The number of aliphatic hydroxyl groups is 2. The maximum Gasteiger partial charge on any atom is 0.251 e. The van der Waals surface area contributed by atoms with Gasteiger partial charge < -0.3 is 25.6 Å². The van der Waals surface area contributed by atoms with Crippen LogP contribution in [0.5, 0.6) is 0 Å². The number of halogens is 1. The van der Waals surface area contributed by atoms with Crippen LogP contribution in [0.2, 0.25) is 0 Å². The summed E-state index contributed by atoms with van der Waals surface area (Å²) in [7, 11) is 0. The van der Waals surface area contributed by atoms with E-state index in [1.165, 1.54) is 37.6 Å². The number of nitrogens with zero attached hydrogens (tertiary/aromatic N) is 4. The summed E-state index contributed by atoms with van der Waals surface area (Å²) < 4.78 is 21.4. The molecule has 0 bridgehead atoms. The Balaban J connectivity index is 1.38. The predicted molar refractivity (Wildman–Crippen MR) is 121 cm³/mol. The lowest BCUT2D eigenvalue weighted by Gasteiger charge is -2.21. The number of fused-ring (bicyclic) bond motifs is 1. The number of benzene rings is 1. The van der Waals surface area contributed by atoms with E-state index in [0.717, 1.165) is 18.9 Å². The number of amides is 1. The number of nitrogens with one attached hydrogen (secondary N) is 2. The maximum absolute atomic E-state index is 13.9. The SMILES string of the molecule is Cc1ccc(C(=O)N[C@@H]2[C@@H](O)[C@H](n3cnc4c(NC5CCCC5)ncnc43)O[C@@H]2CO)cc1F. The van der Waals surface area contributed by atoms with Crippen molar-refractivity contribution in [2.75, 3.05) is 11.9 Å². The van der Waals surface area contributed by atoms with Crippen LogP contribution >= 0.6 is 0 Å². The first-order chi connectivity index (χ1) is 16.5. The van der Waals surface area contributed by atoms with Crippen LogP contribution in [-0.2, 0) is 4.74 Å². The molecule has 0 radical (unpaired) electrons. The Hall–Kier alpha value is -3.15. The van der Waals surface area contributed by atoms with Gasteiger partial charge in [-0.05, 0) is 37.5 Å². The molecule has 11 heteroatoms. The van der Waals surface area contributed by atoms with Gasteiger partial charge in [-0.3, -0.25) is 9.36 Å². The standard InChI is InChI=1S/C23H27FN6O4/c1-12-6-7-13(8-15(12)24)22(33)29-17-16(9-31)34-23(19(17)32)30-11-27-18-20(25-10-26-21(18)30)28-14-4-2-3-5-14/h6-8,10-11,14,16-17,19,23,31-32H,2-5,9H2,1H3,(H,29,33)(H,25,26,28)/t16-,17+,19-,23-/m1/s1. The second kappa shape index (κ2) is 9.24. The van der Waals surface area contributed by atoms with Crippen molar-refractivity contribution in [2.45, 2.75) is 63.1 Å². The summed E-state index contributed by atoms with van der Waals surface area (Å²) in [5.74, 6) is -0.460. The molecule has 3 heterocycles. The highest BCUT2D eigenvalue weighted by atomic mass is 19.1. The lowest BCUT2D eigenvalue weighted by molar-refractivity contribution is -0.0489. The van der Waals surface area contributed by atoms with Crippen molar-refractivity contribution in [3.63, 3.8) is 0 Å². The summed E-state index contributed by atoms with van der Waals surface area (Å²) in [4.78, 5) is 25.8. The molecule has 1 saturated carbocycles. The largest absolute Gasteiger partial charge is 0.394 e. The van der Waals surface area contributed by atoms with Crippen molar-refractivity contribution in [3.8, 4) is 0 Å². The van der Waals surface area contributed by atoms with Gasteiger partial charge in [-0.1, -0.05) is 18.9 Å². The Morgan fingerprint density at radius 2 is 2.06 bits per heavy atom. The highest BCUT2D eigenvalue weighted by Gasteiger charge is 2.46. The molecule has 1 aliphatic heterocycles. The van der Waals surface area contributed by atoms with Crippen LogP contribution in [0.1, 0.15) is 47.8 Å². The fourth-order valence-electron chi connectivity index (χ4n) is 4.68. The third-order valence-corrected chi connectivity index (χ3v) is 6.62. The minimum atomic E-state index is -1.21. The summed E-state index contributed by atoms with van der Waals surface area (Å²) in [6.45, 7) is 1.17. The molecule has 10 nitrogen and oxygen atoms in total. The van der Waals surface area contributed by atoms with Crippen molar-refractivity contribution in [1.82, 2.24) is 24.8 Å². The second-order valence-corrected chi connectivity index (χ2v) is 8.87. The average molecular weight is 471 g/mol. The highest BCUT2D eigenvalue weighted by Crippen LogP contribution is 2.33. The van der Waals surface area contributed by atoms with Crippen molar-refractivity contribution in [3.05, 3.63) is 47.8 Å². The molecule has 180 valence electrons. The van der Waals surface area contributed by atoms with Gasteiger partial charge in [-0.15, -0.1) is 0 Å². The molecule has 2 aliphatic rings. The van der Waals surface area contributed by atoms with Gasteiger partial charge in [0.2, 0.25) is 0 Å². The maximum atomic E-state index is 13.9. The molecular formula is C23H27FN6O4. The topological polar surface area (TPSA) is 134 Å². The number of ether oxygens (including phenoxy) is 1. The molecule has 1 aromatic carbocycles. The Kier molecular flexibility index (Phi) is 6.15. The minimum absolute atomic E-state index is 0.110.